The fraction of sp³-hybridized carbons (Fsp3) is 0.800. The Bertz CT molecular complexity index is 223. The number of alkyl halides is 3. The van der Waals surface area contributed by atoms with Gasteiger partial charge in [0.1, 0.15) is 0 Å². The summed E-state index contributed by atoms with van der Waals surface area (Å²) in [6.45, 7) is 5.65. The summed E-state index contributed by atoms with van der Waals surface area (Å²) < 4.78 is 0. The Morgan fingerprint density at radius 3 is 2.07 bits per heavy atom. The predicted octanol–water partition coefficient (Wildman–Crippen LogP) is 4.58. The molecule has 0 radical (unpaired) electrons. The van der Waals surface area contributed by atoms with Gasteiger partial charge in [0.2, 0.25) is 0 Å². The maximum Gasteiger partial charge on any atom is 0.0932 e. The zero-order chi connectivity index (χ0) is 12.3. The van der Waals surface area contributed by atoms with E-state index in [4.69, 9.17) is 11.6 Å². The Morgan fingerprint density at radius 1 is 1.27 bits per heavy atom. The average Bonchev–Trinajstić information content (AvgIpc) is 2.01. The third kappa shape index (κ3) is 6.06. The molecule has 15 heavy (non-hydrogen) atoms. The Kier molecular flexibility index (Phi) is 6.99. The second-order valence-corrected chi connectivity index (χ2v) is 7.97. The maximum absolute atomic E-state index is 10.1. The molecule has 0 aromatic heterocycles. The van der Waals surface area contributed by atoms with Crippen LogP contribution in [0.3, 0.4) is 0 Å². The molecular formula is C10H16Br3ClO. The molecule has 3 atom stereocenters. The molecule has 5 heteroatoms. The van der Waals surface area contributed by atoms with Gasteiger partial charge in [-0.05, 0) is 38.3 Å². The number of halogens is 4. The second-order valence-electron chi connectivity index (χ2n) is 4.25. The lowest BCUT2D eigenvalue weighted by molar-refractivity contribution is 0.108. The molecule has 0 aromatic rings. The normalized spacial score (nSPS) is 21.3. The van der Waals surface area contributed by atoms with Gasteiger partial charge in [-0.1, -0.05) is 47.8 Å². The lowest BCUT2D eigenvalue weighted by Crippen LogP contribution is -2.38. The molecule has 1 unspecified atom stereocenters. The molecule has 0 saturated heterocycles. The lowest BCUT2D eigenvalue weighted by atomic mass is 9.95. The summed E-state index contributed by atoms with van der Waals surface area (Å²) in [6.07, 6.45) is 2.44. The van der Waals surface area contributed by atoms with Crippen LogP contribution in [-0.4, -0.2) is 25.2 Å². The molecule has 90 valence electrons. The minimum absolute atomic E-state index is 0.0544. The van der Waals surface area contributed by atoms with Crippen LogP contribution in [0.4, 0.5) is 0 Å². The van der Waals surface area contributed by atoms with E-state index in [9.17, 15) is 5.11 Å². The summed E-state index contributed by atoms with van der Waals surface area (Å²) >= 11 is 16.4. The van der Waals surface area contributed by atoms with Crippen molar-refractivity contribution in [3.8, 4) is 0 Å². The first-order valence-electron chi connectivity index (χ1n) is 4.58. The van der Waals surface area contributed by atoms with Gasteiger partial charge in [0, 0.05) is 9.65 Å². The van der Waals surface area contributed by atoms with Crippen molar-refractivity contribution in [1.29, 1.82) is 0 Å². The number of aliphatic hydroxyl groups is 1. The molecule has 0 aromatic carbocycles. The van der Waals surface area contributed by atoms with E-state index in [1.807, 2.05) is 13.8 Å². The third-order valence-corrected chi connectivity index (χ3v) is 5.80. The summed E-state index contributed by atoms with van der Waals surface area (Å²) in [5, 5.41) is 10.1. The smallest absolute Gasteiger partial charge is 0.0932 e. The summed E-state index contributed by atoms with van der Waals surface area (Å²) in [5.74, 6) is 0. The summed E-state index contributed by atoms with van der Waals surface area (Å²) in [6, 6.07) is 0. The molecule has 0 amide bonds. The first kappa shape index (κ1) is 16.4. The predicted molar refractivity (Wildman–Crippen MR) is 78.7 cm³/mol. The molecule has 1 nitrogen and oxygen atoms in total. The fourth-order valence-electron chi connectivity index (χ4n) is 0.932. The van der Waals surface area contributed by atoms with Crippen molar-refractivity contribution in [3.05, 3.63) is 11.1 Å². The highest BCUT2D eigenvalue weighted by atomic mass is 79.9. The van der Waals surface area contributed by atoms with E-state index in [-0.39, 0.29) is 14.5 Å². The van der Waals surface area contributed by atoms with E-state index >= 15 is 0 Å². The molecule has 0 spiro atoms. The molecule has 0 heterocycles. The Hall–Kier alpha value is 1.43. The van der Waals surface area contributed by atoms with E-state index < -0.39 is 5.60 Å². The van der Waals surface area contributed by atoms with Crippen molar-refractivity contribution in [2.75, 3.05) is 0 Å². The van der Waals surface area contributed by atoms with Gasteiger partial charge in [0.05, 0.1) is 10.5 Å². The van der Waals surface area contributed by atoms with Gasteiger partial charge < -0.3 is 5.11 Å². The van der Waals surface area contributed by atoms with E-state index in [2.05, 4.69) is 47.8 Å². The molecule has 0 bridgehead atoms. The fourth-order valence-corrected chi connectivity index (χ4v) is 2.96. The largest absolute Gasteiger partial charge is 0.385 e. The molecule has 0 aliphatic heterocycles. The summed E-state index contributed by atoms with van der Waals surface area (Å²) in [7, 11) is 0. The standard InChI is InChI=1S/C10H16Br3ClO/c1-9(2,14)7(12)6-8(13)10(3,15)4-5-11/h4-5,7-8,15H,6H2,1-3H3/b5-4+/t7-,8-,10?/m0/s1. The van der Waals surface area contributed by atoms with Crippen molar-refractivity contribution in [2.24, 2.45) is 0 Å². The molecule has 0 fully saturated rings. The summed E-state index contributed by atoms with van der Waals surface area (Å²) in [5.41, 5.74) is -0.891. The van der Waals surface area contributed by atoms with Crippen LogP contribution in [-0.2, 0) is 0 Å². The van der Waals surface area contributed by atoms with Crippen LogP contribution in [0.2, 0.25) is 0 Å². The minimum Gasteiger partial charge on any atom is -0.385 e. The van der Waals surface area contributed by atoms with Crippen LogP contribution in [0, 0.1) is 0 Å². The zero-order valence-electron chi connectivity index (χ0n) is 8.98. The van der Waals surface area contributed by atoms with Crippen LogP contribution >= 0.6 is 59.4 Å². The van der Waals surface area contributed by atoms with Crippen molar-refractivity contribution in [1.82, 2.24) is 0 Å². The van der Waals surface area contributed by atoms with Crippen LogP contribution in [0.15, 0.2) is 11.1 Å². The highest BCUT2D eigenvalue weighted by molar-refractivity contribution is 9.11. The van der Waals surface area contributed by atoms with E-state index in [0.29, 0.717) is 0 Å². The van der Waals surface area contributed by atoms with Gasteiger partial charge in [0.15, 0.2) is 0 Å². The highest BCUT2D eigenvalue weighted by Gasteiger charge is 2.33. The van der Waals surface area contributed by atoms with Crippen molar-refractivity contribution in [2.45, 2.75) is 47.3 Å². The van der Waals surface area contributed by atoms with Crippen molar-refractivity contribution < 1.29 is 5.11 Å². The third-order valence-electron chi connectivity index (χ3n) is 2.19. The molecule has 0 rings (SSSR count). The Morgan fingerprint density at radius 2 is 1.73 bits per heavy atom. The van der Waals surface area contributed by atoms with Crippen LogP contribution in [0.1, 0.15) is 27.2 Å². The van der Waals surface area contributed by atoms with E-state index in [1.165, 1.54) is 0 Å². The summed E-state index contributed by atoms with van der Waals surface area (Å²) in [4.78, 5) is 1.41. The van der Waals surface area contributed by atoms with Crippen molar-refractivity contribution >= 4 is 59.4 Å². The zero-order valence-corrected chi connectivity index (χ0v) is 14.5. The van der Waals surface area contributed by atoms with Gasteiger partial charge in [-0.3, -0.25) is 0 Å². The highest BCUT2D eigenvalue weighted by Crippen LogP contribution is 2.34. The molecule has 0 aliphatic carbocycles. The number of hydrogen-bond donors (Lipinski definition) is 1. The number of hydrogen-bond acceptors (Lipinski definition) is 1. The first-order valence-corrected chi connectivity index (χ1v) is 7.71. The van der Waals surface area contributed by atoms with Crippen LogP contribution in [0.5, 0.6) is 0 Å². The average molecular weight is 427 g/mol. The Balaban J connectivity index is 4.43. The molecular weight excluding hydrogens is 411 g/mol. The van der Waals surface area contributed by atoms with E-state index in [0.717, 1.165) is 6.42 Å². The van der Waals surface area contributed by atoms with Gasteiger partial charge in [-0.2, -0.15) is 0 Å². The van der Waals surface area contributed by atoms with Crippen LogP contribution < -0.4 is 0 Å². The molecule has 0 saturated carbocycles. The van der Waals surface area contributed by atoms with E-state index in [1.54, 1.807) is 18.0 Å². The maximum atomic E-state index is 10.1. The Labute approximate surface area is 122 Å². The molecule has 1 N–H and O–H groups in total. The quantitative estimate of drug-likeness (QED) is 0.637. The first-order chi connectivity index (χ1) is 6.61. The van der Waals surface area contributed by atoms with Gasteiger partial charge >= 0.3 is 0 Å². The van der Waals surface area contributed by atoms with Gasteiger partial charge in [-0.15, -0.1) is 11.6 Å². The second kappa shape index (κ2) is 6.39. The minimum atomic E-state index is -0.891. The van der Waals surface area contributed by atoms with Crippen molar-refractivity contribution in [3.63, 3.8) is 0 Å². The lowest BCUT2D eigenvalue weighted by Gasteiger charge is -2.31. The number of rotatable bonds is 5. The van der Waals surface area contributed by atoms with Gasteiger partial charge in [-0.25, -0.2) is 0 Å². The van der Waals surface area contributed by atoms with Gasteiger partial charge in [0.25, 0.3) is 0 Å². The monoisotopic (exact) mass is 424 g/mol. The SMILES string of the molecule is CC(C)(Cl)[C@@H](Br)C[C@H](Br)C(C)(O)/C=C/Br. The van der Waals surface area contributed by atoms with Crippen LogP contribution in [0.25, 0.3) is 0 Å². The molecule has 0 aliphatic rings. The topological polar surface area (TPSA) is 20.2 Å².